The minimum Gasteiger partial charge on any atom is -0.462 e. The van der Waals surface area contributed by atoms with Gasteiger partial charge in [0.1, 0.15) is 0 Å². The molecule has 73 valence electrons. The van der Waals surface area contributed by atoms with E-state index in [4.69, 9.17) is 4.74 Å². The van der Waals surface area contributed by atoms with Crippen molar-refractivity contribution < 1.29 is 14.3 Å². The molecule has 1 aromatic rings. The van der Waals surface area contributed by atoms with E-state index in [1.807, 2.05) is 0 Å². The molecule has 4 nitrogen and oxygen atoms in total. The van der Waals surface area contributed by atoms with Crippen LogP contribution in [-0.4, -0.2) is 23.3 Å². The number of hydrogen-bond donors (Lipinski definition) is 0. The number of ether oxygens (including phenoxy) is 1. The van der Waals surface area contributed by atoms with Gasteiger partial charge in [-0.1, -0.05) is 0 Å². The summed E-state index contributed by atoms with van der Waals surface area (Å²) in [7, 11) is 0. The molecule has 0 aliphatic heterocycles. The quantitative estimate of drug-likeness (QED) is 0.534. The van der Waals surface area contributed by atoms with Crippen LogP contribution in [0.15, 0.2) is 12.4 Å². The van der Waals surface area contributed by atoms with Gasteiger partial charge in [0.15, 0.2) is 5.78 Å². The Kier molecular flexibility index (Phi) is 3.34. The van der Waals surface area contributed by atoms with E-state index >= 15 is 0 Å². The number of carbonyl (C=O) groups is 2. The summed E-state index contributed by atoms with van der Waals surface area (Å²) in [5.41, 5.74) is 0.389. The van der Waals surface area contributed by atoms with Gasteiger partial charge in [0.2, 0.25) is 0 Å². The van der Waals surface area contributed by atoms with Crippen molar-refractivity contribution in [1.82, 2.24) is 4.98 Å². The molecule has 0 saturated carbocycles. The van der Waals surface area contributed by atoms with Crippen LogP contribution >= 0.6 is 0 Å². The molecule has 0 aromatic carbocycles. The van der Waals surface area contributed by atoms with Crippen LogP contribution in [-0.2, 0) is 4.74 Å². The fourth-order valence-electron chi connectivity index (χ4n) is 0.995. The highest BCUT2D eigenvalue weighted by molar-refractivity contribution is 6.04. The summed E-state index contributed by atoms with van der Waals surface area (Å²) >= 11 is 0. The SMILES string of the molecule is CCOC(=O)c1[c]cncc1C(C)=O. The van der Waals surface area contributed by atoms with E-state index in [9.17, 15) is 9.59 Å². The van der Waals surface area contributed by atoms with E-state index in [2.05, 4.69) is 11.1 Å². The molecule has 0 saturated heterocycles. The number of pyridine rings is 1. The van der Waals surface area contributed by atoms with Gasteiger partial charge in [0.05, 0.1) is 17.7 Å². The van der Waals surface area contributed by atoms with E-state index in [1.54, 1.807) is 6.92 Å². The Morgan fingerprint density at radius 2 is 2.29 bits per heavy atom. The van der Waals surface area contributed by atoms with E-state index in [0.717, 1.165) is 0 Å². The molecule has 0 bridgehead atoms. The first-order valence-electron chi connectivity index (χ1n) is 4.20. The lowest BCUT2D eigenvalue weighted by Gasteiger charge is -2.04. The van der Waals surface area contributed by atoms with Gasteiger partial charge >= 0.3 is 5.97 Å². The first-order chi connectivity index (χ1) is 6.66. The summed E-state index contributed by atoms with van der Waals surface area (Å²) < 4.78 is 4.77. The third-order valence-corrected chi connectivity index (χ3v) is 1.62. The van der Waals surface area contributed by atoms with Crippen molar-refractivity contribution in [2.45, 2.75) is 13.8 Å². The number of rotatable bonds is 3. The van der Waals surface area contributed by atoms with E-state index < -0.39 is 5.97 Å². The van der Waals surface area contributed by atoms with Crippen LogP contribution in [0, 0.1) is 6.07 Å². The van der Waals surface area contributed by atoms with Crippen molar-refractivity contribution in [3.05, 3.63) is 29.6 Å². The molecule has 0 N–H and O–H groups in total. The average Bonchev–Trinajstić information content (AvgIpc) is 2.18. The molecule has 0 amide bonds. The summed E-state index contributed by atoms with van der Waals surface area (Å²) in [6.07, 6.45) is 2.67. The predicted octanol–water partition coefficient (Wildman–Crippen LogP) is 1.26. The first-order valence-corrected chi connectivity index (χ1v) is 4.20. The van der Waals surface area contributed by atoms with Gasteiger partial charge in [-0.25, -0.2) is 4.79 Å². The van der Waals surface area contributed by atoms with Crippen LogP contribution in [0.25, 0.3) is 0 Å². The fourth-order valence-corrected chi connectivity index (χ4v) is 0.995. The Morgan fingerprint density at radius 1 is 1.57 bits per heavy atom. The molecule has 0 fully saturated rings. The second-order valence-electron chi connectivity index (χ2n) is 2.62. The van der Waals surface area contributed by atoms with Crippen molar-refractivity contribution in [3.63, 3.8) is 0 Å². The molecule has 0 atom stereocenters. The number of hydrogen-bond acceptors (Lipinski definition) is 4. The zero-order chi connectivity index (χ0) is 10.6. The number of ketones is 1. The summed E-state index contributed by atoms with van der Waals surface area (Å²) in [6.45, 7) is 3.34. The molecule has 1 radical (unpaired) electrons. The zero-order valence-corrected chi connectivity index (χ0v) is 8.03. The minimum atomic E-state index is -0.542. The van der Waals surface area contributed by atoms with Gasteiger partial charge in [0.25, 0.3) is 0 Å². The van der Waals surface area contributed by atoms with Crippen molar-refractivity contribution in [3.8, 4) is 0 Å². The van der Waals surface area contributed by atoms with Gasteiger partial charge in [-0.05, 0) is 13.8 Å². The van der Waals surface area contributed by atoms with Crippen LogP contribution in [0.5, 0.6) is 0 Å². The normalized spacial score (nSPS) is 9.57. The Labute approximate surface area is 81.9 Å². The molecule has 1 rings (SSSR count). The third-order valence-electron chi connectivity index (χ3n) is 1.62. The zero-order valence-electron chi connectivity index (χ0n) is 8.03. The van der Waals surface area contributed by atoms with Crippen molar-refractivity contribution in [1.29, 1.82) is 0 Å². The number of nitrogens with zero attached hydrogens (tertiary/aromatic N) is 1. The maximum atomic E-state index is 11.3. The van der Waals surface area contributed by atoms with Crippen molar-refractivity contribution in [2.24, 2.45) is 0 Å². The van der Waals surface area contributed by atoms with E-state index in [0.29, 0.717) is 0 Å². The highest BCUT2D eigenvalue weighted by Gasteiger charge is 2.15. The Balaban J connectivity index is 3.07. The molecule has 0 aliphatic carbocycles. The third kappa shape index (κ3) is 2.16. The van der Waals surface area contributed by atoms with Gasteiger partial charge in [0, 0.05) is 18.5 Å². The first kappa shape index (κ1) is 10.4. The molecule has 14 heavy (non-hydrogen) atoms. The summed E-state index contributed by atoms with van der Waals surface area (Å²) in [5, 5.41) is 0. The fraction of sp³-hybridized carbons (Fsp3) is 0.300. The molecule has 0 spiro atoms. The van der Waals surface area contributed by atoms with Crippen molar-refractivity contribution >= 4 is 11.8 Å². The maximum absolute atomic E-state index is 11.3. The average molecular weight is 192 g/mol. The van der Waals surface area contributed by atoms with Crippen LogP contribution in [0.4, 0.5) is 0 Å². The summed E-state index contributed by atoms with van der Waals surface area (Å²) in [5.74, 6) is -0.766. The van der Waals surface area contributed by atoms with Crippen LogP contribution < -0.4 is 0 Å². The number of esters is 1. The van der Waals surface area contributed by atoms with Crippen LogP contribution in [0.2, 0.25) is 0 Å². The van der Waals surface area contributed by atoms with Gasteiger partial charge in [-0.2, -0.15) is 0 Å². The van der Waals surface area contributed by atoms with Gasteiger partial charge in [-0.3, -0.25) is 9.78 Å². The molecule has 1 aromatic heterocycles. The van der Waals surface area contributed by atoms with Crippen LogP contribution in [0.3, 0.4) is 0 Å². The van der Waals surface area contributed by atoms with Crippen molar-refractivity contribution in [2.75, 3.05) is 6.61 Å². The second-order valence-corrected chi connectivity index (χ2v) is 2.62. The summed E-state index contributed by atoms with van der Waals surface area (Å²) in [6, 6.07) is 2.60. The lowest BCUT2D eigenvalue weighted by molar-refractivity contribution is 0.0522. The smallest absolute Gasteiger partial charge is 0.339 e. The summed E-state index contributed by atoms with van der Waals surface area (Å²) in [4.78, 5) is 26.2. The lowest BCUT2D eigenvalue weighted by Crippen LogP contribution is -2.10. The minimum absolute atomic E-state index is 0.148. The Morgan fingerprint density at radius 3 is 2.86 bits per heavy atom. The van der Waals surface area contributed by atoms with Gasteiger partial charge < -0.3 is 4.74 Å². The van der Waals surface area contributed by atoms with Gasteiger partial charge in [-0.15, -0.1) is 0 Å². The second kappa shape index (κ2) is 4.50. The Bertz CT molecular complexity index is 360. The predicted molar refractivity (Wildman–Crippen MR) is 49.0 cm³/mol. The molecule has 0 unspecified atom stereocenters. The standard InChI is InChI=1S/C10H10NO3/c1-3-14-10(13)8-4-5-11-6-9(8)7(2)12/h5-6H,3H2,1-2H3. The molecular weight excluding hydrogens is 182 g/mol. The van der Waals surface area contributed by atoms with E-state index in [1.165, 1.54) is 19.3 Å². The Hall–Kier alpha value is -1.71. The number of Topliss-reactive ketones (excluding diaryl/α,β-unsaturated/α-hetero) is 1. The molecule has 0 aliphatic rings. The molecule has 4 heteroatoms. The highest BCUT2D eigenvalue weighted by atomic mass is 16.5. The van der Waals surface area contributed by atoms with E-state index in [-0.39, 0.29) is 23.5 Å². The maximum Gasteiger partial charge on any atom is 0.339 e. The lowest BCUT2D eigenvalue weighted by atomic mass is 10.1. The molecular formula is C10H10NO3. The number of aromatic nitrogens is 1. The van der Waals surface area contributed by atoms with Crippen LogP contribution in [0.1, 0.15) is 34.6 Å². The highest BCUT2D eigenvalue weighted by Crippen LogP contribution is 2.08. The molecule has 1 heterocycles. The topological polar surface area (TPSA) is 56.3 Å². The largest absolute Gasteiger partial charge is 0.462 e. The monoisotopic (exact) mass is 192 g/mol. The number of carbonyl (C=O) groups excluding carboxylic acids is 2.